The lowest BCUT2D eigenvalue weighted by atomic mass is 9.97. The van der Waals surface area contributed by atoms with Gasteiger partial charge in [0.2, 0.25) is 0 Å². The summed E-state index contributed by atoms with van der Waals surface area (Å²) in [6.45, 7) is 3.82. The van der Waals surface area contributed by atoms with Crippen LogP contribution in [-0.4, -0.2) is 21.4 Å². The van der Waals surface area contributed by atoms with E-state index >= 15 is 0 Å². The number of carbonyl (C=O) groups excluding carboxylic acids is 1. The van der Waals surface area contributed by atoms with Gasteiger partial charge in [-0.1, -0.05) is 12.7 Å². The molecule has 2 rings (SSSR count). The van der Waals surface area contributed by atoms with Crippen LogP contribution in [0.15, 0.2) is 24.3 Å². The fraction of sp³-hybridized carbons (Fsp3) is 0.545. The molecule has 1 heterocycles. The van der Waals surface area contributed by atoms with Gasteiger partial charge in [-0.2, -0.15) is 0 Å². The number of thioether (sulfide) groups is 2. The predicted octanol–water partition coefficient (Wildman–Crippen LogP) is 3.03. The van der Waals surface area contributed by atoms with Gasteiger partial charge in [0, 0.05) is 6.42 Å². The monoisotopic (exact) mass is 226 g/mol. The van der Waals surface area contributed by atoms with Gasteiger partial charge in [-0.25, -0.2) is 0 Å². The SMILES string of the molecule is C=CC1=CC(=O)CCC12SCCCS2. The molecule has 0 aromatic rings. The van der Waals surface area contributed by atoms with Crippen LogP contribution in [0.25, 0.3) is 0 Å². The minimum absolute atomic E-state index is 0.161. The van der Waals surface area contributed by atoms with Crippen LogP contribution in [0.2, 0.25) is 0 Å². The number of carbonyl (C=O) groups is 1. The third-order valence-corrected chi connectivity index (χ3v) is 6.14. The van der Waals surface area contributed by atoms with Gasteiger partial charge in [-0.3, -0.25) is 4.79 Å². The molecule has 1 aliphatic carbocycles. The molecule has 0 saturated carbocycles. The molecule has 1 aliphatic heterocycles. The number of ketones is 1. The second-order valence-electron chi connectivity index (χ2n) is 3.57. The molecule has 14 heavy (non-hydrogen) atoms. The van der Waals surface area contributed by atoms with Gasteiger partial charge >= 0.3 is 0 Å². The largest absolute Gasteiger partial charge is 0.295 e. The van der Waals surface area contributed by atoms with Crippen molar-refractivity contribution in [2.75, 3.05) is 11.5 Å². The van der Waals surface area contributed by atoms with Crippen molar-refractivity contribution >= 4 is 29.3 Å². The highest BCUT2D eigenvalue weighted by atomic mass is 32.2. The molecule has 0 radical (unpaired) electrons. The molecule has 0 aromatic heterocycles. The zero-order valence-corrected chi connectivity index (χ0v) is 9.76. The quantitative estimate of drug-likeness (QED) is 0.684. The molecule has 0 bridgehead atoms. The Balaban J connectivity index is 2.28. The number of hydrogen-bond acceptors (Lipinski definition) is 3. The normalized spacial score (nSPS) is 26.0. The molecule has 0 amide bonds. The van der Waals surface area contributed by atoms with E-state index in [0.29, 0.717) is 6.42 Å². The van der Waals surface area contributed by atoms with Crippen LogP contribution in [-0.2, 0) is 4.79 Å². The molecule has 0 unspecified atom stereocenters. The first kappa shape index (κ1) is 10.4. The van der Waals surface area contributed by atoms with E-state index in [0.717, 1.165) is 12.0 Å². The van der Waals surface area contributed by atoms with Crippen LogP contribution in [0.1, 0.15) is 19.3 Å². The Morgan fingerprint density at radius 2 is 2.14 bits per heavy atom. The predicted molar refractivity (Wildman–Crippen MR) is 64.8 cm³/mol. The van der Waals surface area contributed by atoms with Crippen molar-refractivity contribution in [3.05, 3.63) is 24.3 Å². The van der Waals surface area contributed by atoms with Crippen molar-refractivity contribution in [1.82, 2.24) is 0 Å². The van der Waals surface area contributed by atoms with E-state index in [9.17, 15) is 4.79 Å². The van der Waals surface area contributed by atoms with Crippen LogP contribution in [0.4, 0.5) is 0 Å². The Hall–Kier alpha value is -0.150. The first-order valence-electron chi connectivity index (χ1n) is 4.92. The Bertz CT molecular complexity index is 288. The molecule has 0 aromatic carbocycles. The summed E-state index contributed by atoms with van der Waals surface area (Å²) in [5, 5.41) is 0. The van der Waals surface area contributed by atoms with Gasteiger partial charge in [0.15, 0.2) is 5.78 Å². The molecule has 1 fully saturated rings. The molecular formula is C11H14OS2. The smallest absolute Gasteiger partial charge is 0.156 e. The van der Waals surface area contributed by atoms with Gasteiger partial charge in [0.05, 0.1) is 4.08 Å². The third-order valence-electron chi connectivity index (χ3n) is 2.64. The van der Waals surface area contributed by atoms with Gasteiger partial charge in [-0.05, 0) is 36.0 Å². The lowest BCUT2D eigenvalue weighted by Crippen LogP contribution is -2.31. The van der Waals surface area contributed by atoms with Crippen LogP contribution in [0.3, 0.4) is 0 Å². The zero-order chi connectivity index (χ0) is 10.0. The summed E-state index contributed by atoms with van der Waals surface area (Å²) in [6, 6.07) is 0. The van der Waals surface area contributed by atoms with Crippen molar-refractivity contribution in [2.45, 2.75) is 23.3 Å². The number of rotatable bonds is 1. The van der Waals surface area contributed by atoms with Gasteiger partial charge in [0.1, 0.15) is 0 Å². The fourth-order valence-corrected chi connectivity index (χ4v) is 5.25. The van der Waals surface area contributed by atoms with Crippen LogP contribution in [0.5, 0.6) is 0 Å². The average molecular weight is 226 g/mol. The van der Waals surface area contributed by atoms with Crippen molar-refractivity contribution in [3.8, 4) is 0 Å². The summed E-state index contributed by atoms with van der Waals surface area (Å²) >= 11 is 3.98. The minimum Gasteiger partial charge on any atom is -0.295 e. The standard InChI is InChI=1S/C11H14OS2/c1-2-9-8-10(12)4-5-11(9)13-6-3-7-14-11/h2,8H,1,3-7H2. The maximum Gasteiger partial charge on any atom is 0.156 e. The van der Waals surface area contributed by atoms with E-state index in [1.165, 1.54) is 17.9 Å². The zero-order valence-electron chi connectivity index (χ0n) is 8.12. The molecule has 1 spiro atoms. The minimum atomic E-state index is 0.161. The molecule has 0 N–H and O–H groups in total. The van der Waals surface area contributed by atoms with Crippen molar-refractivity contribution in [3.63, 3.8) is 0 Å². The Morgan fingerprint density at radius 3 is 2.79 bits per heavy atom. The van der Waals surface area contributed by atoms with Gasteiger partial charge < -0.3 is 0 Å². The second-order valence-corrected chi connectivity index (χ2v) is 6.62. The van der Waals surface area contributed by atoms with Crippen LogP contribution >= 0.6 is 23.5 Å². The molecule has 0 atom stereocenters. The second kappa shape index (κ2) is 4.15. The molecule has 1 saturated heterocycles. The summed E-state index contributed by atoms with van der Waals surface area (Å²) in [7, 11) is 0. The Labute approximate surface area is 93.4 Å². The number of hydrogen-bond donors (Lipinski definition) is 0. The molecule has 76 valence electrons. The lowest BCUT2D eigenvalue weighted by Gasteiger charge is -2.39. The molecule has 3 heteroatoms. The van der Waals surface area contributed by atoms with Crippen molar-refractivity contribution < 1.29 is 4.79 Å². The van der Waals surface area contributed by atoms with Crippen molar-refractivity contribution in [2.24, 2.45) is 0 Å². The maximum atomic E-state index is 11.3. The van der Waals surface area contributed by atoms with Crippen LogP contribution in [0, 0.1) is 0 Å². The van der Waals surface area contributed by atoms with E-state index in [1.807, 2.05) is 29.6 Å². The average Bonchev–Trinajstić information content (AvgIpc) is 2.23. The highest BCUT2D eigenvalue weighted by Crippen LogP contribution is 2.52. The first-order valence-corrected chi connectivity index (χ1v) is 6.89. The van der Waals surface area contributed by atoms with E-state index < -0.39 is 0 Å². The molecule has 1 nitrogen and oxygen atoms in total. The topological polar surface area (TPSA) is 17.1 Å². The van der Waals surface area contributed by atoms with E-state index in [4.69, 9.17) is 0 Å². The third kappa shape index (κ3) is 1.80. The Kier molecular flexibility index (Phi) is 3.07. The molecular weight excluding hydrogens is 212 g/mol. The maximum absolute atomic E-state index is 11.3. The highest BCUT2D eigenvalue weighted by molar-refractivity contribution is 8.19. The van der Waals surface area contributed by atoms with Crippen molar-refractivity contribution in [1.29, 1.82) is 0 Å². The lowest BCUT2D eigenvalue weighted by molar-refractivity contribution is -0.115. The Morgan fingerprint density at radius 1 is 1.43 bits per heavy atom. The first-order chi connectivity index (χ1) is 6.77. The summed E-state index contributed by atoms with van der Waals surface area (Å²) in [5.41, 5.74) is 1.14. The van der Waals surface area contributed by atoms with Gasteiger partial charge in [-0.15, -0.1) is 23.5 Å². The summed E-state index contributed by atoms with van der Waals surface area (Å²) in [4.78, 5) is 11.3. The number of allylic oxidation sites excluding steroid dienone is 2. The van der Waals surface area contributed by atoms with E-state index in [1.54, 1.807) is 6.08 Å². The summed E-state index contributed by atoms with van der Waals surface area (Å²) in [6.07, 6.45) is 6.63. The summed E-state index contributed by atoms with van der Waals surface area (Å²) in [5.74, 6) is 2.69. The fourth-order valence-electron chi connectivity index (χ4n) is 1.89. The van der Waals surface area contributed by atoms with Gasteiger partial charge in [0.25, 0.3) is 0 Å². The van der Waals surface area contributed by atoms with E-state index in [2.05, 4.69) is 6.58 Å². The van der Waals surface area contributed by atoms with E-state index in [-0.39, 0.29) is 9.86 Å². The summed E-state index contributed by atoms with van der Waals surface area (Å²) < 4.78 is 0.161. The highest BCUT2D eigenvalue weighted by Gasteiger charge is 2.38. The molecule has 2 aliphatic rings. The van der Waals surface area contributed by atoms with Crippen LogP contribution < -0.4 is 0 Å².